The third-order valence-corrected chi connectivity index (χ3v) is 3.37. The van der Waals surface area contributed by atoms with Crippen molar-refractivity contribution in [3.05, 3.63) is 60.3 Å². The smallest absolute Gasteiger partial charge is 0.416 e. The average Bonchev–Trinajstić information content (AvgIpc) is 2.57. The third-order valence-electron chi connectivity index (χ3n) is 3.37. The number of aromatic nitrogens is 2. The van der Waals surface area contributed by atoms with Gasteiger partial charge in [-0.1, -0.05) is 6.07 Å². The number of halogens is 3. The number of phenols is 2. The summed E-state index contributed by atoms with van der Waals surface area (Å²) in [5, 5.41) is 21.6. The van der Waals surface area contributed by atoms with Crippen molar-refractivity contribution in [2.75, 3.05) is 5.32 Å². The van der Waals surface area contributed by atoms with E-state index in [2.05, 4.69) is 15.3 Å². The van der Waals surface area contributed by atoms with Gasteiger partial charge in [0.05, 0.1) is 11.3 Å². The molecule has 3 aromatic rings. The van der Waals surface area contributed by atoms with E-state index in [-0.39, 0.29) is 23.1 Å². The van der Waals surface area contributed by atoms with Crippen molar-refractivity contribution in [2.45, 2.75) is 6.18 Å². The van der Waals surface area contributed by atoms with Crippen LogP contribution in [0, 0.1) is 0 Å². The molecule has 0 unspecified atom stereocenters. The highest BCUT2D eigenvalue weighted by Gasteiger charge is 2.30. The number of hydrogen-bond acceptors (Lipinski definition) is 5. The van der Waals surface area contributed by atoms with Gasteiger partial charge < -0.3 is 15.5 Å². The zero-order valence-corrected chi connectivity index (χ0v) is 12.6. The lowest BCUT2D eigenvalue weighted by Gasteiger charge is -2.10. The minimum absolute atomic E-state index is 0.101. The molecule has 1 heterocycles. The minimum Gasteiger partial charge on any atom is -0.504 e. The summed E-state index contributed by atoms with van der Waals surface area (Å²) in [7, 11) is 0. The van der Waals surface area contributed by atoms with E-state index in [9.17, 15) is 23.4 Å². The largest absolute Gasteiger partial charge is 0.504 e. The van der Waals surface area contributed by atoms with Crippen molar-refractivity contribution in [1.82, 2.24) is 9.97 Å². The van der Waals surface area contributed by atoms with E-state index in [0.29, 0.717) is 11.3 Å². The Morgan fingerprint density at radius 2 is 1.72 bits per heavy atom. The van der Waals surface area contributed by atoms with Crippen LogP contribution in [0.1, 0.15) is 5.56 Å². The van der Waals surface area contributed by atoms with Gasteiger partial charge in [-0.15, -0.1) is 0 Å². The monoisotopic (exact) mass is 347 g/mol. The second-order valence-electron chi connectivity index (χ2n) is 5.17. The van der Waals surface area contributed by atoms with Gasteiger partial charge in [0.1, 0.15) is 0 Å². The minimum atomic E-state index is -4.44. The summed E-state index contributed by atoms with van der Waals surface area (Å²) in [4.78, 5) is 8.18. The van der Waals surface area contributed by atoms with Crippen LogP contribution in [0.5, 0.6) is 11.5 Å². The van der Waals surface area contributed by atoms with E-state index in [1.165, 1.54) is 30.5 Å². The number of alkyl halides is 3. The number of rotatable bonds is 3. The molecule has 8 heteroatoms. The maximum atomic E-state index is 12.8. The van der Waals surface area contributed by atoms with Crippen LogP contribution in [0.25, 0.3) is 11.3 Å². The van der Waals surface area contributed by atoms with Gasteiger partial charge in [0.25, 0.3) is 0 Å². The van der Waals surface area contributed by atoms with Gasteiger partial charge in [-0.3, -0.25) is 0 Å². The summed E-state index contributed by atoms with van der Waals surface area (Å²) in [6.07, 6.45) is -3.01. The second kappa shape index (κ2) is 6.31. The zero-order chi connectivity index (χ0) is 18.0. The van der Waals surface area contributed by atoms with E-state index < -0.39 is 11.7 Å². The predicted octanol–water partition coefficient (Wildman–Crippen LogP) is 4.32. The van der Waals surface area contributed by atoms with Crippen molar-refractivity contribution in [3.63, 3.8) is 0 Å². The van der Waals surface area contributed by atoms with Crippen molar-refractivity contribution in [2.24, 2.45) is 0 Å². The molecule has 0 atom stereocenters. The van der Waals surface area contributed by atoms with Crippen molar-refractivity contribution >= 4 is 11.6 Å². The van der Waals surface area contributed by atoms with Crippen LogP contribution in [-0.4, -0.2) is 20.2 Å². The molecule has 2 aromatic carbocycles. The van der Waals surface area contributed by atoms with Gasteiger partial charge in [-0.05, 0) is 42.5 Å². The molecule has 1 aromatic heterocycles. The maximum absolute atomic E-state index is 12.8. The fourth-order valence-electron chi connectivity index (χ4n) is 2.16. The molecule has 0 aliphatic rings. The standard InChI is InChI=1S/C17H12F3N3O2/c18-17(19,20)11-2-1-3-12(9-11)22-16-21-7-6-13(23-16)10-4-5-14(24)15(25)8-10/h1-9,24-25H,(H,21,22,23). The third kappa shape index (κ3) is 3.79. The molecule has 0 saturated heterocycles. The predicted molar refractivity (Wildman–Crippen MR) is 85.5 cm³/mol. The molecule has 0 aliphatic carbocycles. The number of phenolic OH excluding ortho intramolecular Hbond substituents is 2. The molecule has 0 aliphatic heterocycles. The Bertz CT molecular complexity index is 914. The van der Waals surface area contributed by atoms with Crippen LogP contribution in [0.15, 0.2) is 54.7 Å². The highest BCUT2D eigenvalue weighted by Crippen LogP contribution is 2.32. The van der Waals surface area contributed by atoms with Gasteiger partial charge in [0.15, 0.2) is 11.5 Å². The summed E-state index contributed by atoms with van der Waals surface area (Å²) in [6.45, 7) is 0. The van der Waals surface area contributed by atoms with Crippen LogP contribution < -0.4 is 5.32 Å². The quantitative estimate of drug-likeness (QED) is 0.615. The van der Waals surface area contributed by atoms with E-state index in [4.69, 9.17) is 0 Å². The highest BCUT2D eigenvalue weighted by molar-refractivity contribution is 5.65. The number of nitrogens with zero attached hydrogens (tertiary/aromatic N) is 2. The number of anilines is 2. The lowest BCUT2D eigenvalue weighted by molar-refractivity contribution is -0.137. The van der Waals surface area contributed by atoms with Gasteiger partial charge in [-0.2, -0.15) is 13.2 Å². The molecule has 25 heavy (non-hydrogen) atoms. The first-order valence-electron chi connectivity index (χ1n) is 7.12. The van der Waals surface area contributed by atoms with Crippen molar-refractivity contribution in [3.8, 4) is 22.8 Å². The number of aromatic hydroxyl groups is 2. The SMILES string of the molecule is Oc1ccc(-c2ccnc(Nc3cccc(C(F)(F)F)c3)n2)cc1O. The summed E-state index contributed by atoms with van der Waals surface area (Å²) in [5.74, 6) is -0.465. The average molecular weight is 347 g/mol. The molecule has 3 rings (SSSR count). The first kappa shape index (κ1) is 16.6. The molecule has 0 fully saturated rings. The fourth-order valence-corrected chi connectivity index (χ4v) is 2.16. The summed E-state index contributed by atoms with van der Waals surface area (Å²) < 4.78 is 38.3. The lowest BCUT2D eigenvalue weighted by atomic mass is 10.1. The second-order valence-corrected chi connectivity index (χ2v) is 5.17. The Balaban J connectivity index is 1.88. The van der Waals surface area contributed by atoms with Gasteiger partial charge in [0, 0.05) is 17.4 Å². The van der Waals surface area contributed by atoms with Crippen molar-refractivity contribution in [1.29, 1.82) is 0 Å². The molecule has 5 nitrogen and oxygen atoms in total. The number of hydrogen-bond donors (Lipinski definition) is 3. The van der Waals surface area contributed by atoms with Crippen LogP contribution in [-0.2, 0) is 6.18 Å². The molecular formula is C17H12F3N3O2. The molecule has 0 spiro atoms. The number of nitrogens with one attached hydrogen (secondary N) is 1. The zero-order valence-electron chi connectivity index (χ0n) is 12.6. The Kier molecular flexibility index (Phi) is 4.18. The first-order valence-corrected chi connectivity index (χ1v) is 7.12. The Hall–Kier alpha value is -3.29. The van der Waals surface area contributed by atoms with E-state index >= 15 is 0 Å². The van der Waals surface area contributed by atoms with E-state index in [0.717, 1.165) is 12.1 Å². The van der Waals surface area contributed by atoms with Gasteiger partial charge in [0.2, 0.25) is 5.95 Å². The first-order chi connectivity index (χ1) is 11.8. The molecule has 0 saturated carbocycles. The Morgan fingerprint density at radius 3 is 2.44 bits per heavy atom. The molecule has 3 N–H and O–H groups in total. The van der Waals surface area contributed by atoms with Gasteiger partial charge >= 0.3 is 6.18 Å². The lowest BCUT2D eigenvalue weighted by Crippen LogP contribution is -2.05. The molecule has 0 amide bonds. The van der Waals surface area contributed by atoms with Crippen LogP contribution in [0.3, 0.4) is 0 Å². The topological polar surface area (TPSA) is 78.3 Å². The van der Waals surface area contributed by atoms with Crippen LogP contribution in [0.4, 0.5) is 24.8 Å². The molecule has 128 valence electrons. The summed E-state index contributed by atoms with van der Waals surface area (Å²) in [6, 6.07) is 10.4. The van der Waals surface area contributed by atoms with E-state index in [1.807, 2.05) is 0 Å². The summed E-state index contributed by atoms with van der Waals surface area (Å²) in [5.41, 5.74) is 0.363. The fraction of sp³-hybridized carbons (Fsp3) is 0.0588. The maximum Gasteiger partial charge on any atom is 0.416 e. The Morgan fingerprint density at radius 1 is 0.920 bits per heavy atom. The molecule has 0 bridgehead atoms. The van der Waals surface area contributed by atoms with Crippen LogP contribution >= 0.6 is 0 Å². The summed E-state index contributed by atoms with van der Waals surface area (Å²) >= 11 is 0. The molecule has 0 radical (unpaired) electrons. The Labute approximate surface area is 140 Å². The van der Waals surface area contributed by atoms with E-state index in [1.54, 1.807) is 12.1 Å². The van der Waals surface area contributed by atoms with Gasteiger partial charge in [-0.25, -0.2) is 9.97 Å². The highest BCUT2D eigenvalue weighted by atomic mass is 19.4. The normalized spacial score (nSPS) is 11.3. The van der Waals surface area contributed by atoms with Crippen LogP contribution in [0.2, 0.25) is 0 Å². The van der Waals surface area contributed by atoms with Crippen molar-refractivity contribution < 1.29 is 23.4 Å². The number of benzene rings is 2. The molecular weight excluding hydrogens is 335 g/mol.